The van der Waals surface area contributed by atoms with E-state index in [9.17, 15) is 0 Å². The number of rotatable bonds is 4. The summed E-state index contributed by atoms with van der Waals surface area (Å²) in [6.07, 6.45) is 7.12. The highest BCUT2D eigenvalue weighted by Gasteiger charge is 2.45. The molecule has 1 saturated heterocycles. The second-order valence-corrected chi connectivity index (χ2v) is 5.50. The maximum Gasteiger partial charge on any atom is 0.0471 e. The summed E-state index contributed by atoms with van der Waals surface area (Å²) in [6, 6.07) is 0.909. The molecule has 14 heavy (non-hydrogen) atoms. The Morgan fingerprint density at radius 3 is 2.14 bits per heavy atom. The van der Waals surface area contributed by atoms with Gasteiger partial charge >= 0.3 is 0 Å². The van der Waals surface area contributed by atoms with Crippen molar-refractivity contribution in [2.45, 2.75) is 38.1 Å². The van der Waals surface area contributed by atoms with E-state index in [1.165, 1.54) is 45.2 Å². The molecule has 1 unspecified atom stereocenters. The summed E-state index contributed by atoms with van der Waals surface area (Å²) in [6.45, 7) is 2.83. The zero-order valence-electron chi connectivity index (χ0n) is 8.86. The third kappa shape index (κ3) is 1.70. The van der Waals surface area contributed by atoms with E-state index in [0.29, 0.717) is 12.5 Å². The van der Waals surface area contributed by atoms with Gasteiger partial charge in [-0.2, -0.15) is 0 Å². The Labute approximate surface area is 86.3 Å². The number of hydrogen-bond donors (Lipinski definition) is 1. The van der Waals surface area contributed by atoms with E-state index < -0.39 is 0 Å². The monoisotopic (exact) mass is 195 g/mol. The summed E-state index contributed by atoms with van der Waals surface area (Å²) in [5, 5.41) is 9.15. The normalized spacial score (nSPS) is 34.3. The van der Waals surface area contributed by atoms with Crippen LogP contribution in [0.3, 0.4) is 0 Å². The first-order chi connectivity index (χ1) is 6.88. The zero-order valence-corrected chi connectivity index (χ0v) is 8.86. The zero-order chi connectivity index (χ0) is 9.54. The lowest BCUT2D eigenvalue weighted by Crippen LogP contribution is -2.37. The van der Waals surface area contributed by atoms with Gasteiger partial charge in [0, 0.05) is 19.2 Å². The van der Waals surface area contributed by atoms with Crippen molar-refractivity contribution in [3.05, 3.63) is 0 Å². The molecule has 80 valence electrons. The topological polar surface area (TPSA) is 23.5 Å². The summed E-state index contributed by atoms with van der Waals surface area (Å²) in [7, 11) is 0. The van der Waals surface area contributed by atoms with Crippen LogP contribution in [0.2, 0.25) is 0 Å². The Morgan fingerprint density at radius 1 is 1.07 bits per heavy atom. The van der Waals surface area contributed by atoms with E-state index in [0.717, 1.165) is 17.9 Å². The molecule has 0 aromatic heterocycles. The molecule has 3 aliphatic rings. The van der Waals surface area contributed by atoms with Crippen LogP contribution in [0.4, 0.5) is 0 Å². The van der Waals surface area contributed by atoms with Crippen LogP contribution in [0, 0.1) is 17.8 Å². The van der Waals surface area contributed by atoms with Crippen LogP contribution in [-0.4, -0.2) is 35.7 Å². The SMILES string of the molecule is OCC1CCN(C(C2CC2)C2CC2)C1. The number of nitrogens with zero attached hydrogens (tertiary/aromatic N) is 1. The van der Waals surface area contributed by atoms with Crippen LogP contribution >= 0.6 is 0 Å². The fourth-order valence-electron chi connectivity index (χ4n) is 3.14. The number of likely N-dealkylation sites (tertiary alicyclic amines) is 1. The van der Waals surface area contributed by atoms with Gasteiger partial charge in [-0.15, -0.1) is 0 Å². The minimum Gasteiger partial charge on any atom is -0.396 e. The average Bonchev–Trinajstić information content (AvgIpc) is 3.08. The minimum absolute atomic E-state index is 0.401. The van der Waals surface area contributed by atoms with Gasteiger partial charge in [0.15, 0.2) is 0 Å². The van der Waals surface area contributed by atoms with E-state index >= 15 is 0 Å². The Balaban J connectivity index is 1.62. The van der Waals surface area contributed by atoms with Gasteiger partial charge in [0.2, 0.25) is 0 Å². The van der Waals surface area contributed by atoms with E-state index in [2.05, 4.69) is 4.90 Å². The van der Waals surface area contributed by atoms with Crippen LogP contribution < -0.4 is 0 Å². The molecule has 1 heterocycles. The van der Waals surface area contributed by atoms with Gasteiger partial charge in [0.05, 0.1) is 0 Å². The first-order valence-corrected chi connectivity index (χ1v) is 6.23. The lowest BCUT2D eigenvalue weighted by Gasteiger charge is -2.28. The summed E-state index contributed by atoms with van der Waals surface area (Å²) < 4.78 is 0. The predicted molar refractivity (Wildman–Crippen MR) is 56.0 cm³/mol. The molecular weight excluding hydrogens is 174 g/mol. The van der Waals surface area contributed by atoms with Crippen molar-refractivity contribution in [3.63, 3.8) is 0 Å². The van der Waals surface area contributed by atoms with Crippen molar-refractivity contribution in [2.24, 2.45) is 17.8 Å². The minimum atomic E-state index is 0.401. The molecule has 2 heteroatoms. The van der Waals surface area contributed by atoms with E-state index in [-0.39, 0.29) is 0 Å². The number of aliphatic hydroxyl groups is 1. The first-order valence-electron chi connectivity index (χ1n) is 6.23. The summed E-state index contributed by atoms with van der Waals surface area (Å²) in [5.41, 5.74) is 0. The second kappa shape index (κ2) is 3.49. The van der Waals surface area contributed by atoms with Gasteiger partial charge in [0.25, 0.3) is 0 Å². The lowest BCUT2D eigenvalue weighted by molar-refractivity contribution is 0.170. The molecule has 1 N–H and O–H groups in total. The summed E-state index contributed by atoms with van der Waals surface area (Å²) >= 11 is 0. The molecule has 1 atom stereocenters. The van der Waals surface area contributed by atoms with Crippen molar-refractivity contribution in [1.82, 2.24) is 4.90 Å². The molecule has 3 fully saturated rings. The molecule has 0 radical (unpaired) electrons. The van der Waals surface area contributed by atoms with Crippen LogP contribution in [-0.2, 0) is 0 Å². The Kier molecular flexibility index (Phi) is 2.29. The molecule has 0 spiro atoms. The molecule has 2 nitrogen and oxygen atoms in total. The first kappa shape index (κ1) is 9.17. The summed E-state index contributed by atoms with van der Waals surface area (Å²) in [5.74, 6) is 2.63. The van der Waals surface area contributed by atoms with E-state index in [1.54, 1.807) is 0 Å². The Bertz CT molecular complexity index is 198. The summed E-state index contributed by atoms with van der Waals surface area (Å²) in [4.78, 5) is 2.69. The van der Waals surface area contributed by atoms with Crippen LogP contribution in [0.1, 0.15) is 32.1 Å². The van der Waals surface area contributed by atoms with Gasteiger partial charge in [0.1, 0.15) is 0 Å². The highest BCUT2D eigenvalue weighted by atomic mass is 16.3. The van der Waals surface area contributed by atoms with Crippen molar-refractivity contribution < 1.29 is 5.11 Å². The Morgan fingerprint density at radius 2 is 1.71 bits per heavy atom. The molecule has 0 aromatic rings. The van der Waals surface area contributed by atoms with Crippen LogP contribution in [0.5, 0.6) is 0 Å². The van der Waals surface area contributed by atoms with Crippen molar-refractivity contribution >= 4 is 0 Å². The number of hydrogen-bond acceptors (Lipinski definition) is 2. The maximum absolute atomic E-state index is 9.15. The van der Waals surface area contributed by atoms with Crippen LogP contribution in [0.25, 0.3) is 0 Å². The van der Waals surface area contributed by atoms with Gasteiger partial charge in [-0.05, 0) is 56.4 Å². The molecule has 0 aromatic carbocycles. The third-order valence-electron chi connectivity index (χ3n) is 4.21. The Hall–Kier alpha value is -0.0800. The average molecular weight is 195 g/mol. The second-order valence-electron chi connectivity index (χ2n) is 5.50. The molecular formula is C12H21NO. The maximum atomic E-state index is 9.15. The van der Waals surface area contributed by atoms with Crippen LogP contribution in [0.15, 0.2) is 0 Å². The van der Waals surface area contributed by atoms with Gasteiger partial charge in [-0.1, -0.05) is 0 Å². The van der Waals surface area contributed by atoms with Crippen molar-refractivity contribution in [1.29, 1.82) is 0 Å². The molecule has 1 aliphatic heterocycles. The largest absolute Gasteiger partial charge is 0.396 e. The molecule has 2 aliphatic carbocycles. The third-order valence-corrected chi connectivity index (χ3v) is 4.21. The van der Waals surface area contributed by atoms with Gasteiger partial charge in [-0.3, -0.25) is 4.90 Å². The van der Waals surface area contributed by atoms with E-state index in [1.807, 2.05) is 0 Å². The fraction of sp³-hybridized carbons (Fsp3) is 1.00. The smallest absolute Gasteiger partial charge is 0.0471 e. The fourth-order valence-corrected chi connectivity index (χ4v) is 3.14. The quantitative estimate of drug-likeness (QED) is 0.734. The molecule has 0 bridgehead atoms. The van der Waals surface area contributed by atoms with Crippen molar-refractivity contribution in [2.75, 3.05) is 19.7 Å². The molecule has 2 saturated carbocycles. The molecule has 3 rings (SSSR count). The van der Waals surface area contributed by atoms with E-state index in [4.69, 9.17) is 5.11 Å². The number of aliphatic hydroxyl groups excluding tert-OH is 1. The van der Waals surface area contributed by atoms with Crippen molar-refractivity contribution in [3.8, 4) is 0 Å². The standard InChI is InChI=1S/C12H21NO/c14-8-9-5-6-13(7-9)12(10-1-2-10)11-3-4-11/h9-12,14H,1-8H2. The lowest BCUT2D eigenvalue weighted by atomic mass is 10.1. The van der Waals surface area contributed by atoms with Gasteiger partial charge < -0.3 is 5.11 Å². The highest BCUT2D eigenvalue weighted by Crippen LogP contribution is 2.48. The highest BCUT2D eigenvalue weighted by molar-refractivity contribution is 4.99. The van der Waals surface area contributed by atoms with Gasteiger partial charge in [-0.25, -0.2) is 0 Å². The molecule has 0 amide bonds. The predicted octanol–water partition coefficient (Wildman–Crippen LogP) is 1.49.